The summed E-state index contributed by atoms with van der Waals surface area (Å²) in [5.74, 6) is -0.488. The molecule has 1 rings (SSSR count). The smallest absolute Gasteiger partial charge is 0.175 e. The van der Waals surface area contributed by atoms with Crippen LogP contribution in [0.2, 0.25) is 0 Å². The van der Waals surface area contributed by atoms with Gasteiger partial charge in [0.25, 0.3) is 0 Å². The van der Waals surface area contributed by atoms with Crippen LogP contribution in [0.5, 0.6) is 0 Å². The third-order valence-corrected chi connectivity index (χ3v) is 3.94. The van der Waals surface area contributed by atoms with E-state index in [1.807, 2.05) is 13.8 Å². The van der Waals surface area contributed by atoms with E-state index in [1.165, 1.54) is 12.1 Å². The molecular formula is C12H18FNO3S. The maximum absolute atomic E-state index is 13.6. The van der Waals surface area contributed by atoms with Crippen molar-refractivity contribution in [1.29, 1.82) is 0 Å². The molecule has 0 aromatic heterocycles. The van der Waals surface area contributed by atoms with Gasteiger partial charge in [0.05, 0.1) is 16.7 Å². The Bertz CT molecular complexity index is 516. The summed E-state index contributed by atoms with van der Waals surface area (Å²) in [6, 6.07) is 3.55. The van der Waals surface area contributed by atoms with Crippen molar-refractivity contribution in [2.75, 3.05) is 18.7 Å². The SMILES string of the molecule is COC(C)C(C)Nc1cc(S(C)(=O)=O)ccc1F. The molecule has 6 heteroatoms. The van der Waals surface area contributed by atoms with Gasteiger partial charge in [0.15, 0.2) is 9.84 Å². The van der Waals surface area contributed by atoms with Gasteiger partial charge < -0.3 is 10.1 Å². The topological polar surface area (TPSA) is 55.4 Å². The summed E-state index contributed by atoms with van der Waals surface area (Å²) in [6.45, 7) is 3.68. The summed E-state index contributed by atoms with van der Waals surface area (Å²) in [7, 11) is -1.78. The minimum absolute atomic E-state index is 0.0867. The van der Waals surface area contributed by atoms with Crippen LogP contribution in [0.15, 0.2) is 23.1 Å². The van der Waals surface area contributed by atoms with E-state index in [9.17, 15) is 12.8 Å². The van der Waals surface area contributed by atoms with Crippen LogP contribution in [0.25, 0.3) is 0 Å². The minimum Gasteiger partial charge on any atom is -0.380 e. The van der Waals surface area contributed by atoms with Crippen molar-refractivity contribution in [3.8, 4) is 0 Å². The summed E-state index contributed by atoms with van der Waals surface area (Å²) in [5.41, 5.74) is 0.161. The van der Waals surface area contributed by atoms with Gasteiger partial charge in [0.2, 0.25) is 0 Å². The molecule has 0 amide bonds. The molecule has 0 fully saturated rings. The lowest BCUT2D eigenvalue weighted by molar-refractivity contribution is 0.106. The lowest BCUT2D eigenvalue weighted by Gasteiger charge is -2.21. The summed E-state index contributed by atoms with van der Waals surface area (Å²) in [4.78, 5) is 0.0867. The number of sulfone groups is 1. The number of rotatable bonds is 5. The highest BCUT2D eigenvalue weighted by Crippen LogP contribution is 2.21. The van der Waals surface area contributed by atoms with Crippen molar-refractivity contribution < 1.29 is 17.5 Å². The number of anilines is 1. The molecule has 0 radical (unpaired) electrons. The van der Waals surface area contributed by atoms with Gasteiger partial charge in [0, 0.05) is 19.4 Å². The number of nitrogens with one attached hydrogen (secondary N) is 1. The van der Waals surface area contributed by atoms with Crippen LogP contribution in [-0.2, 0) is 14.6 Å². The standard InChI is InChI=1S/C12H18FNO3S/c1-8(9(2)17-3)14-12-7-10(18(4,15)16)5-6-11(12)13/h5-9,14H,1-4H3. The first kappa shape index (κ1) is 14.9. The second kappa shape index (κ2) is 5.67. The summed E-state index contributed by atoms with van der Waals surface area (Å²) >= 11 is 0. The summed E-state index contributed by atoms with van der Waals surface area (Å²) in [6.07, 6.45) is 0.969. The zero-order chi connectivity index (χ0) is 13.9. The van der Waals surface area contributed by atoms with E-state index in [0.29, 0.717) is 0 Å². The largest absolute Gasteiger partial charge is 0.380 e. The van der Waals surface area contributed by atoms with Crippen molar-refractivity contribution in [3.63, 3.8) is 0 Å². The molecule has 18 heavy (non-hydrogen) atoms. The van der Waals surface area contributed by atoms with Gasteiger partial charge in [-0.3, -0.25) is 0 Å². The Balaban J connectivity index is 3.02. The molecule has 0 aliphatic carbocycles. The molecule has 0 saturated heterocycles. The fourth-order valence-corrected chi connectivity index (χ4v) is 2.06. The fraction of sp³-hybridized carbons (Fsp3) is 0.500. The number of benzene rings is 1. The van der Waals surface area contributed by atoms with Crippen LogP contribution in [-0.4, -0.2) is 33.9 Å². The lowest BCUT2D eigenvalue weighted by Crippen LogP contribution is -2.30. The van der Waals surface area contributed by atoms with Crippen molar-refractivity contribution in [1.82, 2.24) is 0 Å². The molecule has 0 aliphatic rings. The molecule has 102 valence electrons. The molecule has 2 unspecified atom stereocenters. The van der Waals surface area contributed by atoms with Crippen LogP contribution >= 0.6 is 0 Å². The van der Waals surface area contributed by atoms with Gasteiger partial charge >= 0.3 is 0 Å². The van der Waals surface area contributed by atoms with Crippen LogP contribution in [0.1, 0.15) is 13.8 Å². The first-order valence-electron chi connectivity index (χ1n) is 5.54. The Labute approximate surface area is 107 Å². The Morgan fingerprint density at radius 1 is 1.33 bits per heavy atom. The van der Waals surface area contributed by atoms with E-state index >= 15 is 0 Å². The molecule has 0 saturated carbocycles. The van der Waals surface area contributed by atoms with E-state index < -0.39 is 15.7 Å². The number of ether oxygens (including phenoxy) is 1. The summed E-state index contributed by atoms with van der Waals surface area (Å²) < 4.78 is 41.5. The average Bonchev–Trinajstić information content (AvgIpc) is 2.29. The molecule has 0 bridgehead atoms. The van der Waals surface area contributed by atoms with Crippen LogP contribution in [0, 0.1) is 5.82 Å². The van der Waals surface area contributed by atoms with Crippen LogP contribution in [0.3, 0.4) is 0 Å². The van der Waals surface area contributed by atoms with Gasteiger partial charge in [-0.05, 0) is 32.0 Å². The molecular weight excluding hydrogens is 257 g/mol. The normalized spacial score (nSPS) is 15.2. The van der Waals surface area contributed by atoms with E-state index in [1.54, 1.807) is 7.11 Å². The minimum atomic E-state index is -3.34. The van der Waals surface area contributed by atoms with Gasteiger partial charge in [-0.15, -0.1) is 0 Å². The molecule has 2 atom stereocenters. The van der Waals surface area contributed by atoms with E-state index in [2.05, 4.69) is 5.32 Å². The Hall–Kier alpha value is -1.14. The van der Waals surface area contributed by atoms with Crippen molar-refractivity contribution >= 4 is 15.5 Å². The molecule has 0 aliphatic heterocycles. The van der Waals surface area contributed by atoms with Crippen molar-refractivity contribution in [2.24, 2.45) is 0 Å². The van der Waals surface area contributed by atoms with E-state index in [0.717, 1.165) is 12.3 Å². The predicted octanol–water partition coefficient (Wildman–Crippen LogP) is 2.06. The molecule has 1 aromatic carbocycles. The molecule has 0 spiro atoms. The third kappa shape index (κ3) is 3.68. The van der Waals surface area contributed by atoms with Gasteiger partial charge in [0.1, 0.15) is 5.82 Å². The molecule has 0 heterocycles. The Morgan fingerprint density at radius 3 is 2.44 bits per heavy atom. The van der Waals surface area contributed by atoms with Crippen molar-refractivity contribution in [3.05, 3.63) is 24.0 Å². The second-order valence-corrected chi connectivity index (χ2v) is 6.30. The van der Waals surface area contributed by atoms with Crippen LogP contribution < -0.4 is 5.32 Å². The Morgan fingerprint density at radius 2 is 1.94 bits per heavy atom. The zero-order valence-corrected chi connectivity index (χ0v) is 11.7. The monoisotopic (exact) mass is 275 g/mol. The van der Waals surface area contributed by atoms with Gasteiger partial charge in [-0.1, -0.05) is 0 Å². The number of halogens is 1. The maximum atomic E-state index is 13.6. The highest BCUT2D eigenvalue weighted by atomic mass is 32.2. The zero-order valence-electron chi connectivity index (χ0n) is 10.9. The van der Waals surface area contributed by atoms with Crippen molar-refractivity contribution in [2.45, 2.75) is 30.9 Å². The van der Waals surface area contributed by atoms with E-state index in [4.69, 9.17) is 4.74 Å². The van der Waals surface area contributed by atoms with Gasteiger partial charge in [-0.2, -0.15) is 0 Å². The number of hydrogen-bond donors (Lipinski definition) is 1. The van der Waals surface area contributed by atoms with E-state index in [-0.39, 0.29) is 22.7 Å². The number of hydrogen-bond acceptors (Lipinski definition) is 4. The molecule has 1 aromatic rings. The first-order chi connectivity index (χ1) is 8.25. The Kier molecular flexibility index (Phi) is 4.70. The van der Waals surface area contributed by atoms with Crippen LogP contribution in [0.4, 0.5) is 10.1 Å². The maximum Gasteiger partial charge on any atom is 0.175 e. The molecule has 4 nitrogen and oxygen atoms in total. The average molecular weight is 275 g/mol. The lowest BCUT2D eigenvalue weighted by atomic mass is 10.2. The fourth-order valence-electron chi connectivity index (χ4n) is 1.41. The number of methoxy groups -OCH3 is 1. The highest BCUT2D eigenvalue weighted by Gasteiger charge is 2.15. The summed E-state index contributed by atoms with van der Waals surface area (Å²) in [5, 5.41) is 2.91. The predicted molar refractivity (Wildman–Crippen MR) is 69.1 cm³/mol. The quantitative estimate of drug-likeness (QED) is 0.836. The van der Waals surface area contributed by atoms with Gasteiger partial charge in [-0.25, -0.2) is 12.8 Å². The second-order valence-electron chi connectivity index (χ2n) is 4.29. The molecule has 1 N–H and O–H groups in total. The first-order valence-corrected chi connectivity index (χ1v) is 7.43. The third-order valence-electron chi connectivity index (χ3n) is 2.83. The highest BCUT2D eigenvalue weighted by molar-refractivity contribution is 7.90.